The van der Waals surface area contributed by atoms with E-state index in [1.54, 1.807) is 24.3 Å². The molecule has 43 heavy (non-hydrogen) atoms. The summed E-state index contributed by atoms with van der Waals surface area (Å²) in [5.74, 6) is -4.03. The first-order chi connectivity index (χ1) is 20.8. The lowest BCUT2D eigenvalue weighted by Crippen LogP contribution is -2.54. The van der Waals surface area contributed by atoms with Crippen LogP contribution in [0.4, 0.5) is 17.1 Å². The largest absolute Gasteiger partial charge is 0.398 e. The quantitative estimate of drug-likeness (QED) is 0.112. The average molecular weight is 592 g/mol. The van der Waals surface area contributed by atoms with Crippen LogP contribution in [-0.2, 0) is 15.0 Å². The van der Waals surface area contributed by atoms with E-state index in [2.05, 4.69) is 10.5 Å². The molecule has 3 N–H and O–H groups in total. The van der Waals surface area contributed by atoms with Gasteiger partial charge in [-0.2, -0.15) is 5.10 Å². The van der Waals surface area contributed by atoms with Crippen LogP contribution in [-0.4, -0.2) is 28.9 Å². The fourth-order valence-electron chi connectivity index (χ4n) is 7.08. The van der Waals surface area contributed by atoms with Crippen molar-refractivity contribution >= 4 is 52.6 Å². The van der Waals surface area contributed by atoms with Gasteiger partial charge in [0.1, 0.15) is 5.69 Å². The van der Waals surface area contributed by atoms with E-state index in [4.69, 9.17) is 17.3 Å². The van der Waals surface area contributed by atoms with Gasteiger partial charge in [0.2, 0.25) is 11.8 Å². The molecule has 0 spiro atoms. The van der Waals surface area contributed by atoms with Gasteiger partial charge in [0, 0.05) is 28.9 Å². The zero-order valence-corrected chi connectivity index (χ0v) is 23.1. The number of hydrogen-bond acceptors (Lipinski definition) is 7. The van der Waals surface area contributed by atoms with Gasteiger partial charge in [0.05, 0.1) is 27.7 Å². The maximum atomic E-state index is 14.5. The molecule has 0 unspecified atom stereocenters. The monoisotopic (exact) mass is 591 g/mol. The lowest BCUT2D eigenvalue weighted by Gasteiger charge is -2.52. The van der Waals surface area contributed by atoms with Crippen LogP contribution in [0, 0.1) is 22.0 Å². The minimum Gasteiger partial charge on any atom is -0.398 e. The van der Waals surface area contributed by atoms with Crippen molar-refractivity contribution in [2.45, 2.75) is 11.3 Å². The normalized spacial score (nSPS) is 23.2. The van der Waals surface area contributed by atoms with Crippen LogP contribution in [0.5, 0.6) is 0 Å². The Bertz CT molecular complexity index is 1880. The average Bonchev–Trinajstić information content (AvgIpc) is 3.28. The van der Waals surface area contributed by atoms with Crippen molar-refractivity contribution in [1.82, 2.24) is 5.43 Å². The number of nitrogen functional groups attached to an aromatic ring is 1. The Labute approximate surface area is 249 Å². The van der Waals surface area contributed by atoms with E-state index in [1.807, 2.05) is 48.5 Å². The summed E-state index contributed by atoms with van der Waals surface area (Å²) < 4.78 is 0. The highest BCUT2D eigenvalue weighted by atomic mass is 35.5. The third-order valence-electron chi connectivity index (χ3n) is 8.70. The van der Waals surface area contributed by atoms with Gasteiger partial charge in [0.15, 0.2) is 0 Å². The highest BCUT2D eigenvalue weighted by Crippen LogP contribution is 2.64. The van der Waals surface area contributed by atoms with Crippen molar-refractivity contribution in [3.05, 3.63) is 134 Å². The third-order valence-corrected chi connectivity index (χ3v) is 8.93. The van der Waals surface area contributed by atoms with Crippen molar-refractivity contribution in [3.63, 3.8) is 0 Å². The fourth-order valence-corrected chi connectivity index (χ4v) is 7.24. The highest BCUT2D eigenvalue weighted by molar-refractivity contribution is 6.31. The summed E-state index contributed by atoms with van der Waals surface area (Å²) in [5.41, 5.74) is 10.4. The van der Waals surface area contributed by atoms with Crippen LogP contribution in [0.15, 0.2) is 96.1 Å². The Balaban J connectivity index is 1.42. The highest BCUT2D eigenvalue weighted by Gasteiger charge is 2.68. The number of carbonyl (C=O) groups is 3. The first-order valence-corrected chi connectivity index (χ1v) is 13.8. The molecule has 1 saturated heterocycles. The molecule has 0 saturated carbocycles. The summed E-state index contributed by atoms with van der Waals surface area (Å²) in [6, 6.07) is 25.5. The van der Waals surface area contributed by atoms with Crippen LogP contribution in [0.2, 0.25) is 5.02 Å². The minimum atomic E-state index is -1.27. The Kier molecular flexibility index (Phi) is 5.93. The maximum absolute atomic E-state index is 14.5. The number of para-hydroxylation sites is 1. The topological polar surface area (TPSA) is 148 Å². The summed E-state index contributed by atoms with van der Waals surface area (Å²) in [6.45, 7) is 0. The van der Waals surface area contributed by atoms with E-state index in [9.17, 15) is 24.5 Å². The molecule has 2 bridgehead atoms. The van der Waals surface area contributed by atoms with Crippen molar-refractivity contribution in [1.29, 1.82) is 0 Å². The number of anilines is 2. The number of benzene rings is 4. The number of amides is 3. The van der Waals surface area contributed by atoms with Crippen LogP contribution < -0.4 is 16.1 Å². The molecule has 11 heteroatoms. The molecule has 3 aliphatic carbocycles. The summed E-state index contributed by atoms with van der Waals surface area (Å²) in [5, 5.41) is 16.5. The van der Waals surface area contributed by atoms with E-state index >= 15 is 0 Å². The Morgan fingerprint density at radius 3 is 2.23 bits per heavy atom. The number of imide groups is 1. The molecule has 4 aliphatic rings. The molecule has 212 valence electrons. The molecule has 2 atom stereocenters. The van der Waals surface area contributed by atoms with Gasteiger partial charge in [-0.3, -0.25) is 24.5 Å². The van der Waals surface area contributed by atoms with Gasteiger partial charge in [-0.25, -0.2) is 10.3 Å². The molecule has 1 aliphatic heterocycles. The molecule has 1 fully saturated rings. The lowest BCUT2D eigenvalue weighted by atomic mass is 9.47. The van der Waals surface area contributed by atoms with Crippen molar-refractivity contribution in [3.8, 4) is 0 Å². The van der Waals surface area contributed by atoms with Gasteiger partial charge in [-0.05, 0) is 46.5 Å². The van der Waals surface area contributed by atoms with Gasteiger partial charge in [-0.15, -0.1) is 0 Å². The molecule has 0 radical (unpaired) electrons. The fraction of sp³-hybridized carbons (Fsp3) is 0.125. The predicted molar refractivity (Wildman–Crippen MR) is 160 cm³/mol. The van der Waals surface area contributed by atoms with E-state index in [0.717, 1.165) is 33.2 Å². The van der Waals surface area contributed by atoms with Crippen molar-refractivity contribution in [2.75, 3.05) is 10.6 Å². The molecular formula is C32H22ClN5O5. The number of hydrogen-bond donors (Lipinski definition) is 2. The zero-order valence-electron chi connectivity index (χ0n) is 22.3. The smallest absolute Gasteiger partial charge is 0.294 e. The zero-order chi connectivity index (χ0) is 30.0. The van der Waals surface area contributed by atoms with Crippen LogP contribution in [0.3, 0.4) is 0 Å². The van der Waals surface area contributed by atoms with Crippen LogP contribution in [0.1, 0.15) is 38.5 Å². The second-order valence-electron chi connectivity index (χ2n) is 10.7. The first kappa shape index (κ1) is 26.5. The number of halogens is 1. The van der Waals surface area contributed by atoms with E-state index in [0.29, 0.717) is 0 Å². The Morgan fingerprint density at radius 1 is 0.953 bits per heavy atom. The van der Waals surface area contributed by atoms with Gasteiger partial charge in [-0.1, -0.05) is 72.3 Å². The Morgan fingerprint density at radius 2 is 1.58 bits per heavy atom. The second-order valence-corrected chi connectivity index (χ2v) is 11.1. The number of nitrogens with zero attached hydrogens (tertiary/aromatic N) is 3. The number of rotatable bonds is 5. The predicted octanol–water partition coefficient (Wildman–Crippen LogP) is 4.80. The molecule has 10 nitrogen and oxygen atoms in total. The van der Waals surface area contributed by atoms with Crippen LogP contribution >= 0.6 is 11.6 Å². The Hall–Kier alpha value is -5.35. The molecule has 0 aromatic heterocycles. The summed E-state index contributed by atoms with van der Waals surface area (Å²) in [4.78, 5) is 54.0. The van der Waals surface area contributed by atoms with Crippen molar-refractivity contribution in [2.24, 2.45) is 16.9 Å². The number of nitrogens with two attached hydrogens (primary N) is 1. The minimum absolute atomic E-state index is 0.102. The van der Waals surface area contributed by atoms with Crippen molar-refractivity contribution < 1.29 is 19.3 Å². The number of nitro benzene ring substituents is 1. The first-order valence-electron chi connectivity index (χ1n) is 13.5. The molecule has 8 rings (SSSR count). The third kappa shape index (κ3) is 3.66. The van der Waals surface area contributed by atoms with E-state index in [-0.39, 0.29) is 22.0 Å². The number of hydrazone groups is 1. The summed E-state index contributed by atoms with van der Waals surface area (Å²) in [6.07, 6.45) is 1.51. The number of carbonyl (C=O) groups excluding carboxylic acids is 3. The van der Waals surface area contributed by atoms with E-state index in [1.165, 1.54) is 18.3 Å². The maximum Gasteiger partial charge on any atom is 0.294 e. The molecule has 4 aromatic rings. The summed E-state index contributed by atoms with van der Waals surface area (Å²) >= 11 is 6.05. The molecule has 1 heterocycles. The van der Waals surface area contributed by atoms with Gasteiger partial charge in [0.25, 0.3) is 11.6 Å². The lowest BCUT2D eigenvalue weighted by molar-refractivity contribution is -0.384. The standard InChI is InChI=1S/C32H22ClN5O5/c33-17-13-14-24(25(15-17)38(42)43)37-30(40)27-26-18-7-1-4-10-21(18)32(28(27)31(37)41,22-11-5-2-8-19(22)26)16-35-36-29(39)20-9-3-6-12-23(20)34/h1-16,26-28H,34H2,(H,36,39)/b35-16-/t26?,27-,28+,32?/m1/s1. The molecule has 4 aromatic carbocycles. The van der Waals surface area contributed by atoms with Crippen LogP contribution in [0.25, 0.3) is 0 Å². The number of nitrogens with one attached hydrogen (secondary N) is 1. The van der Waals surface area contributed by atoms with Gasteiger partial charge < -0.3 is 5.73 Å². The summed E-state index contributed by atoms with van der Waals surface area (Å²) in [7, 11) is 0. The van der Waals surface area contributed by atoms with Gasteiger partial charge >= 0.3 is 0 Å². The molecule has 3 amide bonds. The second kappa shape index (κ2) is 9.60. The van der Waals surface area contributed by atoms with E-state index < -0.39 is 51.5 Å². The molecular weight excluding hydrogens is 570 g/mol. The number of nitro groups is 1. The SMILES string of the molecule is Nc1ccccc1C(=O)N/N=C\C12c3ccccc3C(c3ccccc31)[C@H]1C(=O)N(c3ccc(Cl)cc3[N+](=O)[O-])C(=O)[C@H]12.